The van der Waals surface area contributed by atoms with Gasteiger partial charge in [0.15, 0.2) is 17.7 Å². The number of fused-ring (bicyclic) bond motifs is 3. The molecule has 1 saturated carbocycles. The van der Waals surface area contributed by atoms with Gasteiger partial charge < -0.3 is 35.3 Å². The Morgan fingerprint density at radius 1 is 1.19 bits per heavy atom. The van der Waals surface area contributed by atoms with Crippen molar-refractivity contribution in [3.63, 3.8) is 0 Å². The zero-order valence-electron chi connectivity index (χ0n) is 23.2. The topological polar surface area (TPSA) is 141 Å². The minimum absolute atomic E-state index is 0.00144. The zero-order valence-corrected chi connectivity index (χ0v) is 24.8. The van der Waals surface area contributed by atoms with Gasteiger partial charge in [-0.05, 0) is 76.5 Å². The van der Waals surface area contributed by atoms with E-state index in [-0.39, 0.29) is 22.8 Å². The second kappa shape index (κ2) is 10.7. The lowest BCUT2D eigenvalue weighted by Gasteiger charge is -2.26. The molecular formula is C31H30BrFN6O4. The molecule has 2 fully saturated rings. The first kappa shape index (κ1) is 28.0. The summed E-state index contributed by atoms with van der Waals surface area (Å²) in [5.74, 6) is 0.856. The maximum atomic E-state index is 14.7. The van der Waals surface area contributed by atoms with E-state index in [2.05, 4.69) is 43.3 Å². The van der Waals surface area contributed by atoms with Gasteiger partial charge in [-0.2, -0.15) is 0 Å². The SMILES string of the molecule is COc1ccc(CNc2nc3cc(CC4CC[C@@]5(O)[C@@H]4O[C@@H](n4cc(F)c6c(N)ncnc64)[C@@H]5O)ccc3cc2Br)cc1. The van der Waals surface area contributed by atoms with Crippen LogP contribution in [0.3, 0.4) is 0 Å². The van der Waals surface area contributed by atoms with E-state index in [0.717, 1.165) is 38.1 Å². The number of hydrogen-bond acceptors (Lipinski definition) is 9. The van der Waals surface area contributed by atoms with Gasteiger partial charge in [-0.25, -0.2) is 19.3 Å². The van der Waals surface area contributed by atoms with E-state index < -0.39 is 29.9 Å². The molecule has 5 N–H and O–H groups in total. The van der Waals surface area contributed by atoms with Crippen molar-refractivity contribution in [2.75, 3.05) is 18.2 Å². The Morgan fingerprint density at radius 3 is 2.77 bits per heavy atom. The molecule has 0 bridgehead atoms. The third kappa shape index (κ3) is 4.78. The molecule has 3 aromatic heterocycles. The monoisotopic (exact) mass is 648 g/mol. The molecule has 12 heteroatoms. The summed E-state index contributed by atoms with van der Waals surface area (Å²) in [6.45, 7) is 0.600. The molecule has 0 amide bonds. The second-order valence-electron chi connectivity index (χ2n) is 11.3. The molecule has 0 radical (unpaired) electrons. The lowest BCUT2D eigenvalue weighted by molar-refractivity contribution is -0.0675. The van der Waals surface area contributed by atoms with Crippen molar-refractivity contribution in [1.82, 2.24) is 19.5 Å². The highest BCUT2D eigenvalue weighted by Crippen LogP contribution is 2.51. The number of nitrogens with one attached hydrogen (secondary N) is 1. The standard InChI is InChI=1S/C31H30BrFN6O4/c1-42-20-6-3-16(4-7-20)13-35-28-21(32)12-18-5-2-17(11-23(18)38-28)10-19-8-9-31(41)25(40)30(43-26(19)31)39-14-22(33)24-27(34)36-15-37-29(24)39/h2-7,11-12,14-15,19,25-26,30,40-41H,8-10,13H2,1H3,(H,35,38)(H2,34,36,37)/t19?,25-,26+,30+,31-/m0/s1. The highest BCUT2D eigenvalue weighted by atomic mass is 79.9. The van der Waals surface area contributed by atoms with Crippen LogP contribution in [0.25, 0.3) is 21.9 Å². The molecule has 1 unspecified atom stereocenters. The normalized spacial score (nSPS) is 25.0. The zero-order chi connectivity index (χ0) is 29.9. The number of benzene rings is 2. The minimum Gasteiger partial charge on any atom is -0.497 e. The smallest absolute Gasteiger partial charge is 0.164 e. The van der Waals surface area contributed by atoms with Crippen molar-refractivity contribution >= 4 is 49.5 Å². The Balaban J connectivity index is 1.11. The van der Waals surface area contributed by atoms with Gasteiger partial charge in [-0.15, -0.1) is 0 Å². The number of halogens is 2. The summed E-state index contributed by atoms with van der Waals surface area (Å²) < 4.78 is 28.5. The molecule has 1 aliphatic heterocycles. The number of nitrogen functional groups attached to an aromatic ring is 1. The van der Waals surface area contributed by atoms with Crippen molar-refractivity contribution < 1.29 is 24.1 Å². The van der Waals surface area contributed by atoms with Crippen LogP contribution in [-0.2, 0) is 17.7 Å². The second-order valence-corrected chi connectivity index (χ2v) is 12.1. The van der Waals surface area contributed by atoms with E-state index in [1.807, 2.05) is 36.4 Å². The lowest BCUT2D eigenvalue weighted by atomic mass is 9.90. The lowest BCUT2D eigenvalue weighted by Crippen LogP contribution is -2.45. The largest absolute Gasteiger partial charge is 0.497 e. The molecule has 5 atom stereocenters. The van der Waals surface area contributed by atoms with Crippen LogP contribution in [0, 0.1) is 11.7 Å². The Bertz CT molecular complexity index is 1840. The van der Waals surface area contributed by atoms with Crippen LogP contribution in [0.2, 0.25) is 0 Å². The van der Waals surface area contributed by atoms with Crippen molar-refractivity contribution in [2.45, 2.75) is 49.8 Å². The fourth-order valence-corrected chi connectivity index (χ4v) is 6.96. The number of pyridine rings is 1. The van der Waals surface area contributed by atoms with Crippen molar-refractivity contribution in [2.24, 2.45) is 5.92 Å². The van der Waals surface area contributed by atoms with Crippen molar-refractivity contribution in [1.29, 1.82) is 0 Å². The van der Waals surface area contributed by atoms with Crippen LogP contribution < -0.4 is 15.8 Å². The Labute approximate surface area is 254 Å². The number of nitrogens with zero attached hydrogens (tertiary/aromatic N) is 4. The van der Waals surface area contributed by atoms with Crippen molar-refractivity contribution in [3.8, 4) is 5.75 Å². The number of aromatic nitrogens is 4. The summed E-state index contributed by atoms with van der Waals surface area (Å²) in [5, 5.41) is 27.2. The van der Waals surface area contributed by atoms with Crippen LogP contribution in [0.1, 0.15) is 30.2 Å². The minimum atomic E-state index is -1.47. The number of aliphatic hydroxyl groups excluding tert-OH is 1. The van der Waals surface area contributed by atoms with E-state index in [4.69, 9.17) is 20.2 Å². The van der Waals surface area contributed by atoms with Gasteiger partial charge in [0.2, 0.25) is 0 Å². The molecule has 1 saturated heterocycles. The number of rotatable bonds is 7. The highest BCUT2D eigenvalue weighted by molar-refractivity contribution is 9.10. The maximum absolute atomic E-state index is 14.7. The van der Waals surface area contributed by atoms with E-state index in [0.29, 0.717) is 25.8 Å². The highest BCUT2D eigenvalue weighted by Gasteiger charge is 2.61. The van der Waals surface area contributed by atoms with E-state index in [9.17, 15) is 14.6 Å². The van der Waals surface area contributed by atoms with Gasteiger partial charge in [0.05, 0.1) is 28.6 Å². The molecule has 4 heterocycles. The first-order chi connectivity index (χ1) is 20.7. The molecule has 2 aromatic carbocycles. The molecule has 7 rings (SSSR count). The van der Waals surface area contributed by atoms with Gasteiger partial charge in [-0.1, -0.05) is 24.3 Å². The predicted octanol–water partition coefficient (Wildman–Crippen LogP) is 4.73. The summed E-state index contributed by atoms with van der Waals surface area (Å²) in [5.41, 5.74) is 7.57. The summed E-state index contributed by atoms with van der Waals surface area (Å²) in [6, 6.07) is 16.0. The summed E-state index contributed by atoms with van der Waals surface area (Å²) in [7, 11) is 1.64. The molecule has 10 nitrogen and oxygen atoms in total. The Kier molecular flexibility index (Phi) is 6.96. The van der Waals surface area contributed by atoms with E-state index in [1.54, 1.807) is 7.11 Å². The molecule has 2 aliphatic rings. The number of anilines is 2. The third-order valence-corrected chi connectivity index (χ3v) is 9.33. The number of ether oxygens (including phenoxy) is 2. The number of methoxy groups -OCH3 is 1. The number of hydrogen-bond donors (Lipinski definition) is 4. The van der Waals surface area contributed by atoms with Gasteiger partial charge >= 0.3 is 0 Å². The van der Waals surface area contributed by atoms with Crippen LogP contribution in [0.15, 0.2) is 65.5 Å². The third-order valence-electron chi connectivity index (χ3n) is 8.72. The molecule has 43 heavy (non-hydrogen) atoms. The molecule has 222 valence electrons. The number of nitrogens with two attached hydrogens (primary N) is 1. The Hall–Kier alpha value is -3.84. The fraction of sp³-hybridized carbons (Fsp3) is 0.323. The van der Waals surface area contributed by atoms with Gasteiger partial charge in [0, 0.05) is 18.1 Å². The van der Waals surface area contributed by atoms with E-state index in [1.165, 1.54) is 17.1 Å². The first-order valence-corrected chi connectivity index (χ1v) is 14.8. The molecule has 5 aromatic rings. The predicted molar refractivity (Wildman–Crippen MR) is 163 cm³/mol. The van der Waals surface area contributed by atoms with Crippen LogP contribution >= 0.6 is 15.9 Å². The average molecular weight is 650 g/mol. The van der Waals surface area contributed by atoms with Crippen LogP contribution in [-0.4, -0.2) is 54.7 Å². The summed E-state index contributed by atoms with van der Waals surface area (Å²) in [4.78, 5) is 12.9. The fourth-order valence-electron chi connectivity index (χ4n) is 6.49. The average Bonchev–Trinajstić information content (AvgIpc) is 3.60. The van der Waals surface area contributed by atoms with Gasteiger partial charge in [-0.3, -0.25) is 0 Å². The van der Waals surface area contributed by atoms with Crippen LogP contribution in [0.4, 0.5) is 16.0 Å². The van der Waals surface area contributed by atoms with Crippen LogP contribution in [0.5, 0.6) is 5.75 Å². The van der Waals surface area contributed by atoms with Gasteiger partial charge in [0.1, 0.15) is 35.4 Å². The first-order valence-electron chi connectivity index (χ1n) is 14.0. The van der Waals surface area contributed by atoms with Crippen molar-refractivity contribution in [3.05, 3.63) is 82.5 Å². The summed E-state index contributed by atoms with van der Waals surface area (Å²) in [6.07, 6.45) is 1.12. The summed E-state index contributed by atoms with van der Waals surface area (Å²) >= 11 is 3.64. The number of aliphatic hydroxyl groups is 2. The quantitative estimate of drug-likeness (QED) is 0.197. The van der Waals surface area contributed by atoms with Gasteiger partial charge in [0.25, 0.3) is 0 Å². The molecule has 0 spiro atoms. The Morgan fingerprint density at radius 2 is 1.98 bits per heavy atom. The maximum Gasteiger partial charge on any atom is 0.164 e. The molecule has 1 aliphatic carbocycles. The van der Waals surface area contributed by atoms with E-state index >= 15 is 0 Å². The molecular weight excluding hydrogens is 619 g/mol.